The minimum atomic E-state index is -1.50. The van der Waals surface area contributed by atoms with Crippen molar-refractivity contribution in [3.63, 3.8) is 0 Å². The lowest BCUT2D eigenvalue weighted by molar-refractivity contribution is -0.142. The monoisotopic (exact) mass is 874 g/mol. The van der Waals surface area contributed by atoms with Gasteiger partial charge in [0.05, 0.1) is 25.5 Å². The number of carbonyl (C=O) groups is 5. The molecule has 4 amide bonds. The fourth-order valence-electron chi connectivity index (χ4n) is 7.78. The number of nitrogen functional groups attached to an aromatic ring is 1. The molecule has 3 atom stereocenters. The number of ether oxygens (including phenoxy) is 2. The molecule has 0 aliphatic carbocycles. The number of nitrogens with zero attached hydrogens (tertiary/aromatic N) is 4. The summed E-state index contributed by atoms with van der Waals surface area (Å²) < 4.78 is 12.1. The van der Waals surface area contributed by atoms with Crippen LogP contribution in [0.1, 0.15) is 86.6 Å². The molecule has 0 unspecified atom stereocenters. The Balaban J connectivity index is 1.51. The van der Waals surface area contributed by atoms with Gasteiger partial charge in [-0.3, -0.25) is 19.2 Å². The van der Waals surface area contributed by atoms with Crippen molar-refractivity contribution in [2.45, 2.75) is 84.8 Å². The average Bonchev–Trinajstić information content (AvgIpc) is 3.23. The Morgan fingerprint density at radius 3 is 2.21 bits per heavy atom. The number of hydrogen-bond donors (Lipinski definition) is 8. The largest absolute Gasteiger partial charge is 0.504 e. The van der Waals surface area contributed by atoms with E-state index in [0.717, 1.165) is 30.8 Å². The Labute approximate surface area is 367 Å². The minimum Gasteiger partial charge on any atom is -0.504 e. The molecule has 19 nitrogen and oxygen atoms in total. The number of phenolic OH excluding ortho intramolecular Hbond substituents is 1. The van der Waals surface area contributed by atoms with Crippen LogP contribution in [0.15, 0.2) is 30.3 Å². The molecule has 1 aromatic heterocycles. The first-order valence-electron chi connectivity index (χ1n) is 21.3. The van der Waals surface area contributed by atoms with E-state index in [9.17, 15) is 34.2 Å². The number of aromatic hydroxyl groups is 1. The molecule has 11 N–H and O–H groups in total. The summed E-state index contributed by atoms with van der Waals surface area (Å²) in [6, 6.07) is 3.62. The van der Waals surface area contributed by atoms with Crippen LogP contribution >= 0.6 is 0 Å². The summed E-state index contributed by atoms with van der Waals surface area (Å²) in [5.74, 6) is -3.52. The number of anilines is 2. The van der Waals surface area contributed by atoms with Crippen molar-refractivity contribution in [1.82, 2.24) is 30.8 Å². The topological polar surface area (TPSA) is 291 Å². The lowest BCUT2D eigenvalue weighted by Gasteiger charge is -2.38. The first-order valence-corrected chi connectivity index (χ1v) is 21.3. The maximum absolute atomic E-state index is 14.4. The second-order valence-electron chi connectivity index (χ2n) is 17.1. The van der Waals surface area contributed by atoms with Crippen LogP contribution in [0.25, 0.3) is 11.1 Å². The summed E-state index contributed by atoms with van der Waals surface area (Å²) in [5.41, 5.74) is 19.4. The molecule has 3 aromatic rings. The van der Waals surface area contributed by atoms with Crippen molar-refractivity contribution in [3.05, 3.63) is 52.7 Å². The molecule has 0 radical (unpaired) electrons. The van der Waals surface area contributed by atoms with Gasteiger partial charge in [0.1, 0.15) is 35.3 Å². The van der Waals surface area contributed by atoms with Gasteiger partial charge in [-0.1, -0.05) is 26.8 Å². The fourth-order valence-corrected chi connectivity index (χ4v) is 7.78. The Bertz CT molecular complexity index is 2150. The Morgan fingerprint density at radius 2 is 1.60 bits per heavy atom. The number of carboxylic acid groups (broad SMARTS) is 1. The Hall–Kier alpha value is -6.21. The van der Waals surface area contributed by atoms with Crippen LogP contribution in [0.4, 0.5) is 11.8 Å². The van der Waals surface area contributed by atoms with E-state index >= 15 is 0 Å². The summed E-state index contributed by atoms with van der Waals surface area (Å²) in [4.78, 5) is 80.1. The molecule has 2 aromatic carbocycles. The fraction of sp³-hybridized carbons (Fsp3) is 0.523. The van der Waals surface area contributed by atoms with Gasteiger partial charge >= 0.3 is 5.97 Å². The van der Waals surface area contributed by atoms with E-state index in [1.807, 2.05) is 4.90 Å². The van der Waals surface area contributed by atoms with Gasteiger partial charge in [0.25, 0.3) is 5.91 Å². The number of benzene rings is 2. The van der Waals surface area contributed by atoms with Crippen molar-refractivity contribution in [2.75, 3.05) is 63.6 Å². The minimum absolute atomic E-state index is 0.00294. The zero-order chi connectivity index (χ0) is 46.2. The van der Waals surface area contributed by atoms with Crippen molar-refractivity contribution < 1.29 is 43.7 Å². The smallest absolute Gasteiger partial charge is 0.326 e. The third-order valence-electron chi connectivity index (χ3n) is 11.5. The van der Waals surface area contributed by atoms with Crippen molar-refractivity contribution in [2.24, 2.45) is 22.8 Å². The summed E-state index contributed by atoms with van der Waals surface area (Å²) in [7, 11) is 1.34. The number of nitrogens with two attached hydrogens (primary N) is 3. The van der Waals surface area contributed by atoms with Gasteiger partial charge in [-0.2, -0.15) is 4.98 Å². The van der Waals surface area contributed by atoms with Gasteiger partial charge in [-0.15, -0.1) is 0 Å². The molecule has 2 aliphatic rings. The quantitative estimate of drug-likeness (QED) is 0.108. The van der Waals surface area contributed by atoms with Crippen LogP contribution in [0.2, 0.25) is 0 Å². The van der Waals surface area contributed by atoms with Gasteiger partial charge in [-0.25, -0.2) is 9.78 Å². The third kappa shape index (κ3) is 11.6. The van der Waals surface area contributed by atoms with E-state index in [1.54, 1.807) is 25.1 Å². The van der Waals surface area contributed by atoms with Crippen LogP contribution in [-0.2, 0) is 25.6 Å². The van der Waals surface area contributed by atoms with E-state index < -0.39 is 54.3 Å². The van der Waals surface area contributed by atoms with E-state index in [1.165, 1.54) is 26.1 Å². The summed E-state index contributed by atoms with van der Waals surface area (Å²) in [5, 5.41) is 29.6. The summed E-state index contributed by atoms with van der Waals surface area (Å²) in [6.45, 7) is 11.5. The predicted molar refractivity (Wildman–Crippen MR) is 236 cm³/mol. The first kappa shape index (κ1) is 47.8. The van der Waals surface area contributed by atoms with E-state index in [-0.39, 0.29) is 65.6 Å². The number of aromatic nitrogens is 2. The molecule has 3 heterocycles. The van der Waals surface area contributed by atoms with Crippen molar-refractivity contribution >= 4 is 41.4 Å². The third-order valence-corrected chi connectivity index (χ3v) is 11.5. The standard InChI is InChI=1S/C44H62N10O9/c1-24-35(38(47)52-43(50-24)54-15-11-28(12-16-54)44(3,4)5)40(58)48-23-34(55)53(6)36-27-21-30(37(56)33(22-27)63-18-8-14-46)29-19-26(9-10-32(29)62-17-7-13-45)20-31(42(60)61)51-39(57)25(2)49-41(36)59/h9-10,19,21-22,25,28,31,36,56H,7-8,11-18,20,23,45-46H2,1-6H3,(H,48,58)(H,49,59)(H,51,57)(H,60,61)(H2,47,50,52)/t25-,31-,36-/m0/s1. The van der Waals surface area contributed by atoms with Crippen LogP contribution in [0, 0.1) is 18.3 Å². The van der Waals surface area contributed by atoms with Gasteiger partial charge < -0.3 is 62.6 Å². The van der Waals surface area contributed by atoms with Crippen LogP contribution in [-0.4, -0.2) is 120 Å². The summed E-state index contributed by atoms with van der Waals surface area (Å²) in [6.07, 6.45) is 2.69. The molecule has 1 saturated heterocycles. The Morgan fingerprint density at radius 1 is 0.952 bits per heavy atom. The van der Waals surface area contributed by atoms with Gasteiger partial charge in [0, 0.05) is 37.7 Å². The molecule has 0 saturated carbocycles. The number of nitrogens with one attached hydrogen (secondary N) is 3. The number of fused-ring (bicyclic) bond motifs is 5. The second-order valence-corrected chi connectivity index (χ2v) is 17.1. The average molecular weight is 875 g/mol. The molecule has 0 spiro atoms. The number of amides is 4. The molecule has 63 heavy (non-hydrogen) atoms. The summed E-state index contributed by atoms with van der Waals surface area (Å²) >= 11 is 0. The highest BCUT2D eigenvalue weighted by Crippen LogP contribution is 2.45. The zero-order valence-electron chi connectivity index (χ0n) is 37.0. The normalized spacial score (nSPS) is 18.4. The highest BCUT2D eigenvalue weighted by molar-refractivity contribution is 6.01. The number of likely N-dealkylation sites (N-methyl/N-ethyl adjacent to an activating group) is 1. The molecule has 19 heteroatoms. The van der Waals surface area contributed by atoms with E-state index in [0.29, 0.717) is 53.8 Å². The number of carboxylic acids is 1. The molecular weight excluding hydrogens is 813 g/mol. The highest BCUT2D eigenvalue weighted by Gasteiger charge is 2.35. The van der Waals surface area contributed by atoms with Crippen LogP contribution < -0.4 is 47.5 Å². The number of rotatable bonds is 14. The van der Waals surface area contributed by atoms with Gasteiger partial charge in [0.15, 0.2) is 11.5 Å². The molecule has 5 rings (SSSR count). The lowest BCUT2D eigenvalue weighted by atomic mass is 9.75. The molecule has 4 bridgehead atoms. The van der Waals surface area contributed by atoms with Crippen LogP contribution in [0.5, 0.6) is 17.2 Å². The van der Waals surface area contributed by atoms with Gasteiger partial charge in [0.2, 0.25) is 23.7 Å². The molecule has 2 aliphatic heterocycles. The van der Waals surface area contributed by atoms with Crippen molar-refractivity contribution in [1.29, 1.82) is 0 Å². The highest BCUT2D eigenvalue weighted by atomic mass is 16.5. The molecule has 1 fully saturated rings. The van der Waals surface area contributed by atoms with Crippen molar-refractivity contribution in [3.8, 4) is 28.4 Å². The number of hydrogen-bond acceptors (Lipinski definition) is 14. The van der Waals surface area contributed by atoms with E-state index in [4.69, 9.17) is 26.7 Å². The SMILES string of the molecule is Cc1nc(N2CCC(C(C)(C)C)CC2)nc(N)c1C(=O)NCC(=O)N(C)[C@@H]1C(=O)N[C@@H](C)C(=O)N[C@H](C(=O)O)Cc2ccc(OCCCN)c(c2)-c2cc1cc(OCCCN)c2O. The lowest BCUT2D eigenvalue weighted by Crippen LogP contribution is -2.53. The zero-order valence-corrected chi connectivity index (χ0v) is 37.0. The molecule has 342 valence electrons. The number of phenols is 1. The predicted octanol–water partition coefficient (Wildman–Crippen LogP) is 2.02. The number of aliphatic carboxylic acids is 1. The maximum Gasteiger partial charge on any atom is 0.326 e. The number of piperidine rings is 1. The number of aryl methyl sites for hydroxylation is 1. The second kappa shape index (κ2) is 20.8. The molecular formula is C44H62N10O9. The maximum atomic E-state index is 14.4. The number of carbonyl (C=O) groups excluding carboxylic acids is 4. The first-order chi connectivity index (χ1) is 29.8. The Kier molecular flexibility index (Phi) is 15.8. The van der Waals surface area contributed by atoms with E-state index in [2.05, 4.69) is 46.7 Å². The van der Waals surface area contributed by atoms with Crippen LogP contribution in [0.3, 0.4) is 0 Å². The van der Waals surface area contributed by atoms with Gasteiger partial charge in [-0.05, 0) is 99.3 Å².